The molecule has 0 saturated carbocycles. The quantitative estimate of drug-likeness (QED) is 0.380. The largest absolute Gasteiger partial charge is 0.487 e. The van der Waals surface area contributed by atoms with Crippen molar-refractivity contribution in [1.82, 2.24) is 10.3 Å². The minimum atomic E-state index is -0.0551. The van der Waals surface area contributed by atoms with Crippen LogP contribution in [0.3, 0.4) is 0 Å². The molecule has 0 spiro atoms. The maximum Gasteiger partial charge on any atom is 0.224 e. The van der Waals surface area contributed by atoms with Crippen molar-refractivity contribution in [2.75, 3.05) is 0 Å². The second-order valence-corrected chi connectivity index (χ2v) is 7.63. The van der Waals surface area contributed by atoms with Gasteiger partial charge in [0.25, 0.3) is 0 Å². The van der Waals surface area contributed by atoms with Gasteiger partial charge in [-0.15, -0.1) is 0 Å². The van der Waals surface area contributed by atoms with Gasteiger partial charge >= 0.3 is 0 Å². The van der Waals surface area contributed by atoms with Crippen LogP contribution in [0.2, 0.25) is 0 Å². The Labute approximate surface area is 185 Å². The lowest BCUT2D eigenvalue weighted by Gasteiger charge is -2.09. The number of hydrogen-bond acceptors (Lipinski definition) is 4. The molecule has 3 aromatic carbocycles. The number of furan rings is 1. The number of pyridine rings is 1. The van der Waals surface area contributed by atoms with Crippen molar-refractivity contribution >= 4 is 27.6 Å². The number of fused-ring (bicyclic) bond motifs is 3. The van der Waals surface area contributed by atoms with E-state index in [0.29, 0.717) is 13.2 Å². The third kappa shape index (κ3) is 4.32. The van der Waals surface area contributed by atoms with E-state index in [2.05, 4.69) is 22.4 Å². The van der Waals surface area contributed by atoms with Crippen LogP contribution >= 0.6 is 0 Å². The van der Waals surface area contributed by atoms with Crippen LogP contribution in [-0.2, 0) is 24.4 Å². The summed E-state index contributed by atoms with van der Waals surface area (Å²) in [5.74, 6) is 0.690. The summed E-state index contributed by atoms with van der Waals surface area (Å²) in [4.78, 5) is 16.9. The first kappa shape index (κ1) is 19.8. The Morgan fingerprint density at radius 3 is 2.78 bits per heavy atom. The molecule has 2 aromatic heterocycles. The molecule has 5 aromatic rings. The summed E-state index contributed by atoms with van der Waals surface area (Å²) in [6, 6.07) is 25.6. The first-order chi connectivity index (χ1) is 15.8. The number of nitrogens with one attached hydrogen (secondary N) is 1. The summed E-state index contributed by atoms with van der Waals surface area (Å²) in [6.45, 7) is 0.828. The maximum absolute atomic E-state index is 12.7. The highest BCUT2D eigenvalue weighted by Crippen LogP contribution is 2.30. The number of ether oxygens (including phenoxy) is 1. The van der Waals surface area contributed by atoms with E-state index in [1.807, 2.05) is 66.7 Å². The third-order valence-electron chi connectivity index (χ3n) is 5.39. The summed E-state index contributed by atoms with van der Waals surface area (Å²) in [5.41, 5.74) is 3.52. The van der Waals surface area contributed by atoms with Gasteiger partial charge in [-0.25, -0.2) is 0 Å². The number of carbonyl (C=O) groups excluding carboxylic acids is 1. The van der Waals surface area contributed by atoms with Crippen LogP contribution in [0.15, 0.2) is 95.7 Å². The number of rotatable bonds is 7. The van der Waals surface area contributed by atoms with E-state index < -0.39 is 0 Å². The van der Waals surface area contributed by atoms with E-state index in [9.17, 15) is 4.79 Å². The zero-order valence-electron chi connectivity index (χ0n) is 17.5. The summed E-state index contributed by atoms with van der Waals surface area (Å²) < 4.78 is 11.5. The Hall–Kier alpha value is -4.12. The number of amides is 1. The lowest BCUT2D eigenvalue weighted by Crippen LogP contribution is -2.24. The van der Waals surface area contributed by atoms with E-state index >= 15 is 0 Å². The SMILES string of the molecule is O=C(Cc1coc2ccc3ccccc3c12)NCc1cccc(OCc2ccccn2)c1. The highest BCUT2D eigenvalue weighted by molar-refractivity contribution is 6.08. The molecule has 2 heterocycles. The predicted octanol–water partition coefficient (Wildman–Crippen LogP) is 5.42. The fourth-order valence-corrected chi connectivity index (χ4v) is 3.83. The van der Waals surface area contributed by atoms with Gasteiger partial charge in [-0.1, -0.05) is 48.5 Å². The van der Waals surface area contributed by atoms with Crippen LogP contribution in [0.5, 0.6) is 5.75 Å². The van der Waals surface area contributed by atoms with Gasteiger partial charge in [0.1, 0.15) is 17.9 Å². The average molecular weight is 422 g/mol. The summed E-state index contributed by atoms with van der Waals surface area (Å²) >= 11 is 0. The van der Waals surface area contributed by atoms with Gasteiger partial charge in [0, 0.05) is 23.7 Å². The van der Waals surface area contributed by atoms with Gasteiger partial charge in [-0.2, -0.15) is 0 Å². The minimum Gasteiger partial charge on any atom is -0.487 e. The third-order valence-corrected chi connectivity index (χ3v) is 5.39. The van der Waals surface area contributed by atoms with Gasteiger partial charge < -0.3 is 14.5 Å². The van der Waals surface area contributed by atoms with E-state index in [0.717, 1.165) is 44.3 Å². The van der Waals surface area contributed by atoms with Crippen molar-refractivity contribution in [2.45, 2.75) is 19.6 Å². The van der Waals surface area contributed by atoms with Crippen molar-refractivity contribution in [3.05, 3.63) is 108 Å². The van der Waals surface area contributed by atoms with Gasteiger partial charge in [-0.3, -0.25) is 9.78 Å². The zero-order chi connectivity index (χ0) is 21.8. The van der Waals surface area contributed by atoms with Gasteiger partial charge in [0.05, 0.1) is 18.4 Å². The molecule has 5 rings (SSSR count). The molecule has 0 radical (unpaired) electrons. The molecular weight excluding hydrogens is 400 g/mol. The molecule has 0 saturated heterocycles. The highest BCUT2D eigenvalue weighted by atomic mass is 16.5. The Morgan fingerprint density at radius 2 is 1.88 bits per heavy atom. The molecule has 0 atom stereocenters. The van der Waals surface area contributed by atoms with Crippen LogP contribution in [0.4, 0.5) is 0 Å². The van der Waals surface area contributed by atoms with E-state index in [1.165, 1.54) is 0 Å². The molecule has 5 heteroatoms. The van der Waals surface area contributed by atoms with E-state index in [1.54, 1.807) is 12.5 Å². The van der Waals surface area contributed by atoms with Crippen LogP contribution in [0, 0.1) is 0 Å². The van der Waals surface area contributed by atoms with Crippen LogP contribution in [0.25, 0.3) is 21.7 Å². The molecule has 5 nitrogen and oxygen atoms in total. The summed E-state index contributed by atoms with van der Waals surface area (Å²) in [5, 5.41) is 6.23. The fourth-order valence-electron chi connectivity index (χ4n) is 3.83. The van der Waals surface area contributed by atoms with Crippen LogP contribution in [-0.4, -0.2) is 10.9 Å². The van der Waals surface area contributed by atoms with E-state index in [-0.39, 0.29) is 12.3 Å². The highest BCUT2D eigenvalue weighted by Gasteiger charge is 2.13. The Kier molecular flexibility index (Phi) is 5.54. The topological polar surface area (TPSA) is 64.4 Å². The number of hydrogen-bond donors (Lipinski definition) is 1. The molecule has 32 heavy (non-hydrogen) atoms. The molecule has 0 bridgehead atoms. The van der Waals surface area contributed by atoms with Gasteiger partial charge in [0.15, 0.2) is 0 Å². The molecule has 0 aliphatic carbocycles. The Bertz CT molecular complexity index is 1380. The van der Waals surface area contributed by atoms with Crippen molar-refractivity contribution in [1.29, 1.82) is 0 Å². The smallest absolute Gasteiger partial charge is 0.224 e. The molecule has 158 valence electrons. The molecule has 0 aliphatic rings. The minimum absolute atomic E-state index is 0.0551. The average Bonchev–Trinajstić information content (AvgIpc) is 3.25. The maximum atomic E-state index is 12.7. The molecule has 0 aliphatic heterocycles. The second kappa shape index (κ2) is 8.94. The van der Waals surface area contributed by atoms with Crippen molar-refractivity contribution < 1.29 is 13.9 Å². The molecule has 1 amide bonds. The molecule has 0 fully saturated rings. The normalized spacial score (nSPS) is 11.0. The summed E-state index contributed by atoms with van der Waals surface area (Å²) in [6.07, 6.45) is 3.69. The van der Waals surface area contributed by atoms with Gasteiger partial charge in [0.2, 0.25) is 5.91 Å². The molecule has 0 unspecified atom stereocenters. The first-order valence-corrected chi connectivity index (χ1v) is 10.5. The fraction of sp³-hybridized carbons (Fsp3) is 0.111. The Morgan fingerprint density at radius 1 is 0.969 bits per heavy atom. The Balaban J connectivity index is 1.23. The lowest BCUT2D eigenvalue weighted by molar-refractivity contribution is -0.120. The number of carbonyl (C=O) groups is 1. The number of aromatic nitrogens is 1. The predicted molar refractivity (Wildman–Crippen MR) is 124 cm³/mol. The van der Waals surface area contributed by atoms with Crippen molar-refractivity contribution in [3.8, 4) is 5.75 Å². The van der Waals surface area contributed by atoms with Crippen molar-refractivity contribution in [3.63, 3.8) is 0 Å². The number of nitrogens with zero attached hydrogens (tertiary/aromatic N) is 1. The summed E-state index contributed by atoms with van der Waals surface area (Å²) in [7, 11) is 0. The standard InChI is InChI=1S/C27H22N2O3/c30-26(15-21-17-32-25-12-11-20-7-1-2-10-24(20)27(21)25)29-16-19-6-5-9-23(14-19)31-18-22-8-3-4-13-28-22/h1-14,17H,15-16,18H2,(H,29,30). The van der Waals surface area contributed by atoms with Crippen LogP contribution < -0.4 is 10.1 Å². The van der Waals surface area contributed by atoms with Gasteiger partial charge in [-0.05, 0) is 46.7 Å². The first-order valence-electron chi connectivity index (χ1n) is 10.5. The second-order valence-electron chi connectivity index (χ2n) is 7.63. The number of benzene rings is 3. The van der Waals surface area contributed by atoms with E-state index in [4.69, 9.17) is 9.15 Å². The monoisotopic (exact) mass is 422 g/mol. The molecule has 1 N–H and O–H groups in total. The zero-order valence-corrected chi connectivity index (χ0v) is 17.5. The molecular formula is C27H22N2O3. The lowest BCUT2D eigenvalue weighted by atomic mass is 10.0. The van der Waals surface area contributed by atoms with Crippen molar-refractivity contribution in [2.24, 2.45) is 0 Å². The van der Waals surface area contributed by atoms with Crippen LogP contribution in [0.1, 0.15) is 16.8 Å².